The van der Waals surface area contributed by atoms with E-state index in [4.69, 9.17) is 5.11 Å². The summed E-state index contributed by atoms with van der Waals surface area (Å²) < 4.78 is 13.2. The second-order valence-electron chi connectivity index (χ2n) is 5.76. The highest BCUT2D eigenvalue weighted by Gasteiger charge is 2.42. The third-order valence-electron chi connectivity index (χ3n) is 4.14. The number of hydrogen-bond acceptors (Lipinski definition) is 3. The maximum Gasteiger partial charge on any atom is 0.404 e. The first-order valence-corrected chi connectivity index (χ1v) is 7.62. The van der Waals surface area contributed by atoms with Crippen LogP contribution in [0.1, 0.15) is 39.2 Å². The number of rotatable bonds is 4. The van der Waals surface area contributed by atoms with Crippen molar-refractivity contribution in [1.82, 2.24) is 10.2 Å². The molecule has 0 radical (unpaired) electrons. The number of amides is 3. The minimum absolute atomic E-state index is 0.266. The Kier molecular flexibility index (Phi) is 4.22. The minimum atomic E-state index is -1.28. The summed E-state index contributed by atoms with van der Waals surface area (Å²) in [5.41, 5.74) is 0.987. The van der Waals surface area contributed by atoms with Crippen molar-refractivity contribution in [2.45, 2.75) is 19.0 Å². The van der Waals surface area contributed by atoms with Gasteiger partial charge in [-0.15, -0.1) is 0 Å². The van der Waals surface area contributed by atoms with Gasteiger partial charge in [-0.05, 0) is 36.8 Å². The van der Waals surface area contributed by atoms with Gasteiger partial charge in [0, 0.05) is 0 Å². The van der Waals surface area contributed by atoms with Gasteiger partial charge in [-0.3, -0.25) is 14.5 Å². The molecule has 3 rings (SSSR count). The molecule has 1 aliphatic heterocycles. The highest BCUT2D eigenvalue weighted by atomic mass is 19.1. The molecule has 0 bridgehead atoms. The molecule has 0 unspecified atom stereocenters. The molecule has 0 aromatic heterocycles. The Labute approximate surface area is 142 Å². The summed E-state index contributed by atoms with van der Waals surface area (Å²) in [7, 11) is 0. The molecule has 2 atom stereocenters. The van der Waals surface area contributed by atoms with Crippen molar-refractivity contribution in [3.63, 3.8) is 0 Å². The lowest BCUT2D eigenvalue weighted by atomic mass is 9.98. The summed E-state index contributed by atoms with van der Waals surface area (Å²) in [6.45, 7) is 1.55. The fourth-order valence-corrected chi connectivity index (χ4v) is 3.06. The van der Waals surface area contributed by atoms with Gasteiger partial charge in [-0.2, -0.15) is 0 Å². The largest absolute Gasteiger partial charge is 0.465 e. The highest BCUT2D eigenvalue weighted by Crippen LogP contribution is 2.33. The first-order chi connectivity index (χ1) is 11.9. The van der Waals surface area contributed by atoms with Gasteiger partial charge in [0.15, 0.2) is 0 Å². The monoisotopic (exact) mass is 342 g/mol. The van der Waals surface area contributed by atoms with E-state index >= 15 is 0 Å². The molecule has 1 aliphatic rings. The van der Waals surface area contributed by atoms with E-state index in [9.17, 15) is 18.8 Å². The van der Waals surface area contributed by atoms with Crippen LogP contribution in [0.3, 0.4) is 0 Å². The molecule has 0 saturated carbocycles. The van der Waals surface area contributed by atoms with Crippen molar-refractivity contribution in [3.05, 3.63) is 71.0 Å². The van der Waals surface area contributed by atoms with Gasteiger partial charge < -0.3 is 10.4 Å². The zero-order chi connectivity index (χ0) is 18.1. The fourth-order valence-electron chi connectivity index (χ4n) is 3.06. The smallest absolute Gasteiger partial charge is 0.404 e. The second kappa shape index (κ2) is 6.35. The molecular formula is C18H15FN2O4. The molecule has 128 valence electrons. The molecule has 6 nitrogen and oxygen atoms in total. The minimum Gasteiger partial charge on any atom is -0.465 e. The second-order valence-corrected chi connectivity index (χ2v) is 5.76. The average molecular weight is 342 g/mol. The first-order valence-electron chi connectivity index (χ1n) is 7.62. The maximum absolute atomic E-state index is 13.2. The molecule has 7 heteroatoms. The number of nitrogens with zero attached hydrogens (tertiary/aromatic N) is 1. The predicted octanol–water partition coefficient (Wildman–Crippen LogP) is 2.82. The van der Waals surface area contributed by atoms with Crippen molar-refractivity contribution in [1.29, 1.82) is 0 Å². The standard InChI is InChI=1S/C18H15FN2O4/c1-10(20-18(24)25)15(11-6-8-12(19)9-7-11)21-16(22)13-4-2-3-5-14(13)17(21)23/h2-10,15,20H,1H3,(H,24,25)/t10-,15-/m0/s1. The van der Waals surface area contributed by atoms with E-state index < -0.39 is 35.8 Å². The summed E-state index contributed by atoms with van der Waals surface area (Å²) >= 11 is 0. The third-order valence-corrected chi connectivity index (χ3v) is 4.14. The van der Waals surface area contributed by atoms with Gasteiger partial charge in [-0.25, -0.2) is 9.18 Å². The van der Waals surface area contributed by atoms with Crippen LogP contribution in [-0.2, 0) is 0 Å². The molecule has 0 saturated heterocycles. The number of carbonyl (C=O) groups is 3. The Hall–Kier alpha value is -3.22. The number of carbonyl (C=O) groups excluding carboxylic acids is 2. The molecule has 2 N–H and O–H groups in total. The lowest BCUT2D eigenvalue weighted by Crippen LogP contribution is -2.46. The molecule has 2 aromatic carbocycles. The van der Waals surface area contributed by atoms with E-state index in [1.165, 1.54) is 24.3 Å². The van der Waals surface area contributed by atoms with Crippen molar-refractivity contribution >= 4 is 17.9 Å². The van der Waals surface area contributed by atoms with Crippen molar-refractivity contribution in [2.24, 2.45) is 0 Å². The Morgan fingerprint density at radius 3 is 2.04 bits per heavy atom. The van der Waals surface area contributed by atoms with Crippen LogP contribution in [-0.4, -0.2) is 34.0 Å². The van der Waals surface area contributed by atoms with E-state index in [2.05, 4.69) is 5.32 Å². The Morgan fingerprint density at radius 1 is 1.04 bits per heavy atom. The molecule has 0 aliphatic carbocycles. The lowest BCUT2D eigenvalue weighted by molar-refractivity contribution is 0.0547. The zero-order valence-electron chi connectivity index (χ0n) is 13.3. The van der Waals surface area contributed by atoms with Crippen LogP contribution in [0.2, 0.25) is 0 Å². The van der Waals surface area contributed by atoms with Crippen LogP contribution < -0.4 is 5.32 Å². The van der Waals surface area contributed by atoms with E-state index in [1.807, 2.05) is 0 Å². The van der Waals surface area contributed by atoms with Crippen molar-refractivity contribution in [2.75, 3.05) is 0 Å². The number of halogens is 1. The molecule has 0 fully saturated rings. The number of nitrogens with one attached hydrogen (secondary N) is 1. The fraction of sp³-hybridized carbons (Fsp3) is 0.167. The van der Waals surface area contributed by atoms with Gasteiger partial charge in [-0.1, -0.05) is 24.3 Å². The highest BCUT2D eigenvalue weighted by molar-refractivity contribution is 6.21. The molecule has 2 aromatic rings. The first kappa shape index (κ1) is 16.6. The average Bonchev–Trinajstić information content (AvgIpc) is 2.82. The summed E-state index contributed by atoms with van der Waals surface area (Å²) in [5.74, 6) is -1.48. The Bertz CT molecular complexity index is 815. The lowest BCUT2D eigenvalue weighted by Gasteiger charge is -2.31. The molecule has 3 amide bonds. The molecule has 1 heterocycles. The zero-order valence-corrected chi connectivity index (χ0v) is 13.3. The van der Waals surface area contributed by atoms with E-state index in [0.717, 1.165) is 4.90 Å². The number of imide groups is 1. The van der Waals surface area contributed by atoms with Gasteiger partial charge >= 0.3 is 6.09 Å². The number of hydrogen-bond donors (Lipinski definition) is 2. The van der Waals surface area contributed by atoms with Crippen LogP contribution in [0.5, 0.6) is 0 Å². The summed E-state index contributed by atoms with van der Waals surface area (Å²) in [6, 6.07) is 9.99. The van der Waals surface area contributed by atoms with Crippen LogP contribution in [0.4, 0.5) is 9.18 Å². The van der Waals surface area contributed by atoms with Crippen molar-refractivity contribution < 1.29 is 23.9 Å². The topological polar surface area (TPSA) is 86.7 Å². The summed E-state index contributed by atoms with van der Waals surface area (Å²) in [6.07, 6.45) is -1.28. The van der Waals surface area contributed by atoms with E-state index in [0.29, 0.717) is 5.56 Å². The molecular weight excluding hydrogens is 327 g/mol. The molecule has 25 heavy (non-hydrogen) atoms. The SMILES string of the molecule is C[C@H](NC(=O)O)[C@@H](c1ccc(F)cc1)N1C(=O)c2ccccc2C1=O. The van der Waals surface area contributed by atoms with E-state index in [1.54, 1.807) is 31.2 Å². The van der Waals surface area contributed by atoms with Gasteiger partial charge in [0.05, 0.1) is 23.2 Å². The van der Waals surface area contributed by atoms with Crippen molar-refractivity contribution in [3.8, 4) is 0 Å². The van der Waals surface area contributed by atoms with Crippen LogP contribution >= 0.6 is 0 Å². The maximum atomic E-state index is 13.2. The number of benzene rings is 2. The predicted molar refractivity (Wildman–Crippen MR) is 86.7 cm³/mol. The van der Waals surface area contributed by atoms with Gasteiger partial charge in [0.25, 0.3) is 11.8 Å². The Morgan fingerprint density at radius 2 is 1.56 bits per heavy atom. The Balaban J connectivity index is 2.06. The number of carboxylic acid groups (broad SMARTS) is 1. The van der Waals surface area contributed by atoms with E-state index in [-0.39, 0.29) is 11.1 Å². The summed E-state index contributed by atoms with van der Waals surface area (Å²) in [4.78, 5) is 37.5. The van der Waals surface area contributed by atoms with Gasteiger partial charge in [0.2, 0.25) is 0 Å². The third kappa shape index (κ3) is 2.96. The normalized spacial score (nSPS) is 15.7. The quantitative estimate of drug-likeness (QED) is 0.837. The van der Waals surface area contributed by atoms with Crippen LogP contribution in [0, 0.1) is 5.82 Å². The van der Waals surface area contributed by atoms with Crippen LogP contribution in [0.25, 0.3) is 0 Å². The van der Waals surface area contributed by atoms with Crippen LogP contribution in [0.15, 0.2) is 48.5 Å². The summed E-state index contributed by atoms with van der Waals surface area (Å²) in [5, 5.41) is 11.3. The van der Waals surface area contributed by atoms with Gasteiger partial charge in [0.1, 0.15) is 5.82 Å². The number of fused-ring (bicyclic) bond motifs is 1. The molecule has 0 spiro atoms.